The van der Waals surface area contributed by atoms with E-state index in [0.29, 0.717) is 23.3 Å². The molecule has 1 aromatic carbocycles. The van der Waals surface area contributed by atoms with Gasteiger partial charge in [0.05, 0.1) is 12.0 Å². The molecule has 0 radical (unpaired) electrons. The van der Waals surface area contributed by atoms with Crippen molar-refractivity contribution in [3.63, 3.8) is 0 Å². The molecule has 0 aliphatic heterocycles. The number of benzene rings is 1. The molecule has 1 aromatic heterocycles. The maximum atomic E-state index is 11.0. The summed E-state index contributed by atoms with van der Waals surface area (Å²) in [5.41, 5.74) is 6.66. The number of nitrogens with two attached hydrogens (primary N) is 1. The van der Waals surface area contributed by atoms with Crippen molar-refractivity contribution >= 4 is 34.2 Å². The van der Waals surface area contributed by atoms with Crippen LogP contribution in [0.5, 0.6) is 5.75 Å². The molecule has 0 saturated carbocycles. The molecule has 0 aliphatic carbocycles. The third-order valence-corrected chi connectivity index (χ3v) is 2.31. The monoisotopic (exact) mass is 299 g/mol. The van der Waals surface area contributed by atoms with E-state index in [-0.39, 0.29) is 11.5 Å². The number of ether oxygens (including phenoxy) is 1. The van der Waals surface area contributed by atoms with Gasteiger partial charge in [-0.2, -0.15) is 0 Å². The Morgan fingerprint density at radius 2 is 2.10 bits per heavy atom. The average Bonchev–Trinajstić information content (AvgIpc) is 2.75. The second kappa shape index (κ2) is 7.65. The van der Waals surface area contributed by atoms with Gasteiger partial charge in [-0.05, 0) is 24.6 Å². The average molecular weight is 300 g/mol. The van der Waals surface area contributed by atoms with Crippen LogP contribution in [0, 0.1) is 0 Å². The van der Waals surface area contributed by atoms with Gasteiger partial charge in [0.1, 0.15) is 5.58 Å². The highest BCUT2D eigenvalue weighted by molar-refractivity contribution is 6.17. The topological polar surface area (TPSA) is 85.7 Å². The first-order valence-electron chi connectivity index (χ1n) is 6.29. The summed E-state index contributed by atoms with van der Waals surface area (Å²) < 4.78 is 10.7. The van der Waals surface area contributed by atoms with E-state index in [1.54, 1.807) is 18.2 Å². The van der Waals surface area contributed by atoms with Crippen LogP contribution in [0.4, 0.5) is 5.69 Å². The summed E-state index contributed by atoms with van der Waals surface area (Å²) in [7, 11) is 0. The van der Waals surface area contributed by atoms with Gasteiger partial charge in [-0.25, -0.2) is 4.79 Å². The van der Waals surface area contributed by atoms with Crippen LogP contribution >= 0.6 is 11.6 Å². The maximum Gasteiger partial charge on any atom is 0.375 e. The number of carboxylic acids is 1. The molecule has 0 aliphatic rings. The largest absolute Gasteiger partial charge is 0.489 e. The van der Waals surface area contributed by atoms with Crippen molar-refractivity contribution in [2.45, 2.75) is 20.3 Å². The minimum absolute atomic E-state index is 0.181. The molecule has 0 atom stereocenters. The van der Waals surface area contributed by atoms with Gasteiger partial charge in [-0.3, -0.25) is 0 Å². The van der Waals surface area contributed by atoms with Crippen molar-refractivity contribution in [3.8, 4) is 5.75 Å². The molecule has 2 rings (SSSR count). The zero-order chi connectivity index (χ0) is 15.1. The van der Waals surface area contributed by atoms with E-state index < -0.39 is 5.97 Å². The molecule has 0 amide bonds. The van der Waals surface area contributed by atoms with Crippen LogP contribution in [0.3, 0.4) is 0 Å². The fourth-order valence-corrected chi connectivity index (χ4v) is 1.58. The fraction of sp³-hybridized carbons (Fsp3) is 0.357. The Kier molecular flexibility index (Phi) is 6.18. The molecule has 0 bridgehead atoms. The first-order valence-corrected chi connectivity index (χ1v) is 6.82. The van der Waals surface area contributed by atoms with Gasteiger partial charge in [-0.1, -0.05) is 13.8 Å². The summed E-state index contributed by atoms with van der Waals surface area (Å²) in [4.78, 5) is 11.0. The van der Waals surface area contributed by atoms with Crippen molar-refractivity contribution < 1.29 is 19.1 Å². The van der Waals surface area contributed by atoms with Crippen LogP contribution in [-0.4, -0.2) is 23.6 Å². The number of halogens is 1. The first-order chi connectivity index (χ1) is 9.54. The third kappa shape index (κ3) is 3.81. The van der Waals surface area contributed by atoms with Crippen LogP contribution in [0.1, 0.15) is 30.8 Å². The van der Waals surface area contributed by atoms with Gasteiger partial charge in [-0.15, -0.1) is 11.6 Å². The first kappa shape index (κ1) is 16.2. The maximum absolute atomic E-state index is 11.0. The van der Waals surface area contributed by atoms with E-state index in [2.05, 4.69) is 0 Å². The number of hydrogen-bond acceptors (Lipinski definition) is 4. The minimum Gasteiger partial charge on any atom is -0.489 e. The molecule has 5 nitrogen and oxygen atoms in total. The number of nitrogen functional groups attached to an aromatic ring is 1. The molecule has 0 unspecified atom stereocenters. The standard InChI is InChI=1S/C12H13NO4.C2H5Cl/c1-2-5-16-10-8-6-7(13)3-4-9(8)17-11(10)12(14)15;1-2-3/h3-4,6H,2,5,13H2,1H3,(H,14,15);2H2,1H3. The number of carboxylic acid groups (broad SMARTS) is 1. The molecule has 1 heterocycles. The second-order valence-corrected chi connectivity index (χ2v) is 4.47. The predicted octanol–water partition coefficient (Wildman–Crippen LogP) is 3.75. The number of furan rings is 1. The normalized spacial score (nSPS) is 9.95. The van der Waals surface area contributed by atoms with Crippen LogP contribution in [0.15, 0.2) is 22.6 Å². The van der Waals surface area contributed by atoms with Crippen LogP contribution in [0.2, 0.25) is 0 Å². The van der Waals surface area contributed by atoms with Crippen molar-refractivity contribution in [3.05, 3.63) is 24.0 Å². The Bertz CT molecular complexity index is 580. The number of carbonyl (C=O) groups is 1. The number of fused-ring (bicyclic) bond motifs is 1. The molecule has 0 spiro atoms. The summed E-state index contributed by atoms with van der Waals surface area (Å²) in [5.74, 6) is -0.355. The Morgan fingerprint density at radius 3 is 2.65 bits per heavy atom. The summed E-state index contributed by atoms with van der Waals surface area (Å²) >= 11 is 5.00. The molecule has 6 heteroatoms. The molecule has 3 N–H and O–H groups in total. The van der Waals surface area contributed by atoms with Gasteiger partial charge in [0.25, 0.3) is 5.76 Å². The Morgan fingerprint density at radius 1 is 1.45 bits per heavy atom. The van der Waals surface area contributed by atoms with Gasteiger partial charge < -0.3 is 20.0 Å². The summed E-state index contributed by atoms with van der Waals surface area (Å²) in [5, 5.41) is 9.62. The Hall–Kier alpha value is -1.88. The van der Waals surface area contributed by atoms with Crippen LogP contribution in [-0.2, 0) is 0 Å². The van der Waals surface area contributed by atoms with E-state index in [1.807, 2.05) is 13.8 Å². The summed E-state index contributed by atoms with van der Waals surface area (Å²) in [6.45, 7) is 4.27. The van der Waals surface area contributed by atoms with Crippen LogP contribution < -0.4 is 10.5 Å². The highest BCUT2D eigenvalue weighted by Crippen LogP contribution is 2.34. The lowest BCUT2D eigenvalue weighted by Gasteiger charge is -2.02. The van der Waals surface area contributed by atoms with Gasteiger partial charge in [0, 0.05) is 11.6 Å². The zero-order valence-corrected chi connectivity index (χ0v) is 12.2. The molecular formula is C14H18ClNO4. The van der Waals surface area contributed by atoms with Crippen molar-refractivity contribution in [2.75, 3.05) is 18.2 Å². The summed E-state index contributed by atoms with van der Waals surface area (Å²) in [6.07, 6.45) is 0.786. The van der Waals surface area contributed by atoms with E-state index >= 15 is 0 Å². The second-order valence-electron chi connectivity index (χ2n) is 3.94. The molecule has 0 fully saturated rings. The number of aromatic carboxylic acids is 1. The third-order valence-electron chi connectivity index (χ3n) is 2.31. The van der Waals surface area contributed by atoms with Crippen molar-refractivity contribution in [1.29, 1.82) is 0 Å². The number of rotatable bonds is 4. The highest BCUT2D eigenvalue weighted by Gasteiger charge is 2.21. The molecule has 110 valence electrons. The van der Waals surface area contributed by atoms with E-state index in [4.69, 9.17) is 31.6 Å². The Labute approximate surface area is 122 Å². The van der Waals surface area contributed by atoms with E-state index in [1.165, 1.54) is 0 Å². The highest BCUT2D eigenvalue weighted by atomic mass is 35.5. The molecule has 20 heavy (non-hydrogen) atoms. The van der Waals surface area contributed by atoms with Crippen molar-refractivity contribution in [1.82, 2.24) is 0 Å². The minimum atomic E-state index is -1.15. The fourth-order valence-electron chi connectivity index (χ4n) is 1.58. The lowest BCUT2D eigenvalue weighted by Crippen LogP contribution is -2.01. The quantitative estimate of drug-likeness (QED) is 0.663. The van der Waals surface area contributed by atoms with Gasteiger partial charge >= 0.3 is 5.97 Å². The van der Waals surface area contributed by atoms with E-state index in [9.17, 15) is 4.79 Å². The van der Waals surface area contributed by atoms with Crippen LogP contribution in [0.25, 0.3) is 11.0 Å². The van der Waals surface area contributed by atoms with E-state index in [0.717, 1.165) is 12.3 Å². The molecule has 2 aromatic rings. The predicted molar refractivity (Wildman–Crippen MR) is 79.8 cm³/mol. The molecule has 0 saturated heterocycles. The summed E-state index contributed by atoms with van der Waals surface area (Å²) in [6, 6.07) is 4.94. The SMILES string of the molecule is CCCOc1c(C(=O)O)oc2ccc(N)cc12.CCCl. The van der Waals surface area contributed by atoms with Gasteiger partial charge in [0.2, 0.25) is 0 Å². The number of anilines is 1. The Balaban J connectivity index is 0.000000612. The van der Waals surface area contributed by atoms with Crippen molar-refractivity contribution in [2.24, 2.45) is 0 Å². The molecular weight excluding hydrogens is 282 g/mol. The lowest BCUT2D eigenvalue weighted by molar-refractivity contribution is 0.0658. The number of hydrogen-bond donors (Lipinski definition) is 2. The number of alkyl halides is 1. The van der Waals surface area contributed by atoms with Gasteiger partial charge in [0.15, 0.2) is 5.75 Å². The lowest BCUT2D eigenvalue weighted by atomic mass is 10.2. The zero-order valence-electron chi connectivity index (χ0n) is 11.5. The smallest absolute Gasteiger partial charge is 0.375 e.